The first-order valence-electron chi connectivity index (χ1n) is 8.23. The molecule has 0 aromatic carbocycles. The zero-order valence-electron chi connectivity index (χ0n) is 13.7. The lowest BCUT2D eigenvalue weighted by Gasteiger charge is -2.24. The number of aromatic nitrogens is 3. The summed E-state index contributed by atoms with van der Waals surface area (Å²) in [4.78, 5) is 23.2. The number of pyridine rings is 1. The van der Waals surface area contributed by atoms with Gasteiger partial charge in [0, 0.05) is 29.4 Å². The second-order valence-electron chi connectivity index (χ2n) is 6.07. The Morgan fingerprint density at radius 3 is 3.16 bits per heavy atom. The summed E-state index contributed by atoms with van der Waals surface area (Å²) in [6.45, 7) is 3.52. The molecule has 0 bridgehead atoms. The van der Waals surface area contributed by atoms with Gasteiger partial charge in [-0.3, -0.25) is 4.79 Å². The van der Waals surface area contributed by atoms with Gasteiger partial charge in [-0.1, -0.05) is 12.7 Å². The van der Waals surface area contributed by atoms with Gasteiger partial charge in [-0.05, 0) is 42.5 Å². The Hall–Kier alpha value is -3.15. The van der Waals surface area contributed by atoms with Crippen molar-refractivity contribution in [2.75, 3.05) is 0 Å². The van der Waals surface area contributed by atoms with Gasteiger partial charge in [0.2, 0.25) is 5.91 Å². The molecule has 0 saturated carbocycles. The summed E-state index contributed by atoms with van der Waals surface area (Å²) in [6, 6.07) is 2.13. The Bertz CT molecular complexity index is 953. The van der Waals surface area contributed by atoms with Crippen LogP contribution in [0.2, 0.25) is 0 Å². The average Bonchev–Trinajstić information content (AvgIpc) is 3.30. The Kier molecular flexibility index (Phi) is 3.93. The van der Waals surface area contributed by atoms with Gasteiger partial charge in [0.15, 0.2) is 12.2 Å². The lowest BCUT2D eigenvalue weighted by Crippen LogP contribution is -2.34. The van der Waals surface area contributed by atoms with Crippen LogP contribution in [-0.4, -0.2) is 26.9 Å². The number of carbonyl (C=O) groups excluding carboxylic acids is 1. The molecule has 3 aromatic rings. The van der Waals surface area contributed by atoms with E-state index >= 15 is 0 Å². The van der Waals surface area contributed by atoms with Gasteiger partial charge in [-0.25, -0.2) is 9.97 Å². The van der Waals surface area contributed by atoms with E-state index in [9.17, 15) is 4.79 Å². The molecule has 6 heteroatoms. The van der Waals surface area contributed by atoms with Crippen LogP contribution in [-0.2, 0) is 4.79 Å². The van der Waals surface area contributed by atoms with Crippen LogP contribution in [0.3, 0.4) is 0 Å². The lowest BCUT2D eigenvalue weighted by atomic mass is 9.88. The summed E-state index contributed by atoms with van der Waals surface area (Å²) in [7, 11) is 0. The number of hydrogen-bond donors (Lipinski definition) is 2. The Balaban J connectivity index is 1.74. The maximum atomic E-state index is 11.6. The fourth-order valence-corrected chi connectivity index (χ4v) is 3.38. The molecule has 1 aliphatic rings. The number of oxazole rings is 1. The SMILES string of the molecule is C=CC(=O)NC1CCC=C(c2ccnc3[nH]cc(-c4cnco4)c23)C1. The molecule has 1 atom stereocenters. The maximum absolute atomic E-state index is 11.6. The van der Waals surface area contributed by atoms with Crippen molar-refractivity contribution in [1.82, 2.24) is 20.3 Å². The van der Waals surface area contributed by atoms with E-state index in [1.807, 2.05) is 12.3 Å². The van der Waals surface area contributed by atoms with Crippen molar-refractivity contribution < 1.29 is 9.21 Å². The number of amides is 1. The predicted molar refractivity (Wildman–Crippen MR) is 95.5 cm³/mol. The van der Waals surface area contributed by atoms with Crippen LogP contribution in [0, 0.1) is 0 Å². The van der Waals surface area contributed by atoms with Crippen molar-refractivity contribution in [2.24, 2.45) is 0 Å². The Morgan fingerprint density at radius 1 is 1.44 bits per heavy atom. The highest BCUT2D eigenvalue weighted by Crippen LogP contribution is 2.36. The Morgan fingerprint density at radius 2 is 2.36 bits per heavy atom. The smallest absolute Gasteiger partial charge is 0.243 e. The molecule has 2 N–H and O–H groups in total. The number of fused-ring (bicyclic) bond motifs is 1. The van der Waals surface area contributed by atoms with Crippen LogP contribution >= 0.6 is 0 Å². The van der Waals surface area contributed by atoms with Gasteiger partial charge < -0.3 is 14.7 Å². The van der Waals surface area contributed by atoms with Gasteiger partial charge in [0.05, 0.1) is 6.20 Å². The number of rotatable bonds is 4. The molecule has 6 nitrogen and oxygen atoms in total. The minimum Gasteiger partial charge on any atom is -0.443 e. The average molecular weight is 334 g/mol. The molecule has 0 fully saturated rings. The molecule has 25 heavy (non-hydrogen) atoms. The summed E-state index contributed by atoms with van der Waals surface area (Å²) < 4.78 is 5.47. The van der Waals surface area contributed by atoms with Crippen molar-refractivity contribution in [2.45, 2.75) is 25.3 Å². The second kappa shape index (κ2) is 6.39. The van der Waals surface area contributed by atoms with Crippen LogP contribution in [0.15, 0.2) is 54.2 Å². The molecular weight excluding hydrogens is 316 g/mol. The summed E-state index contributed by atoms with van der Waals surface area (Å²) in [5.74, 6) is 0.573. The van der Waals surface area contributed by atoms with E-state index in [0.29, 0.717) is 5.76 Å². The predicted octanol–water partition coefficient (Wildman–Crippen LogP) is 3.46. The minimum absolute atomic E-state index is 0.112. The lowest BCUT2D eigenvalue weighted by molar-refractivity contribution is -0.117. The van der Waals surface area contributed by atoms with Gasteiger partial charge in [-0.2, -0.15) is 0 Å². The van der Waals surface area contributed by atoms with Crippen molar-refractivity contribution in [3.63, 3.8) is 0 Å². The van der Waals surface area contributed by atoms with E-state index < -0.39 is 0 Å². The fraction of sp³-hybridized carbons (Fsp3) is 0.211. The molecule has 0 spiro atoms. The number of aromatic amines is 1. The molecule has 3 aromatic heterocycles. The monoisotopic (exact) mass is 334 g/mol. The minimum atomic E-state index is -0.130. The highest BCUT2D eigenvalue weighted by atomic mass is 16.3. The molecule has 4 rings (SSSR count). The zero-order valence-corrected chi connectivity index (χ0v) is 13.7. The summed E-state index contributed by atoms with van der Waals surface area (Å²) in [5.41, 5.74) is 4.05. The fourth-order valence-electron chi connectivity index (χ4n) is 3.38. The van der Waals surface area contributed by atoms with E-state index in [1.165, 1.54) is 18.0 Å². The third kappa shape index (κ3) is 2.87. The number of allylic oxidation sites excluding steroid dienone is 1. The second-order valence-corrected chi connectivity index (χ2v) is 6.07. The van der Waals surface area contributed by atoms with Crippen LogP contribution < -0.4 is 5.32 Å². The number of nitrogens with one attached hydrogen (secondary N) is 2. The molecule has 0 aliphatic heterocycles. The molecule has 0 saturated heterocycles. The molecule has 1 unspecified atom stereocenters. The van der Waals surface area contributed by atoms with Crippen LogP contribution in [0.25, 0.3) is 27.9 Å². The molecule has 126 valence electrons. The standard InChI is InChI=1S/C19H18N4O2/c1-2-17(24)23-13-5-3-4-12(8-13)14-6-7-21-19-18(14)15(9-22-19)16-10-20-11-25-16/h2,4,6-7,9-11,13H,1,3,5,8H2,(H,21,22)(H,23,24). The van der Waals surface area contributed by atoms with Gasteiger partial charge >= 0.3 is 0 Å². The molecular formula is C19H18N4O2. The topological polar surface area (TPSA) is 83.8 Å². The number of H-pyrrole nitrogens is 1. The van der Waals surface area contributed by atoms with Crippen LogP contribution in [0.4, 0.5) is 0 Å². The maximum Gasteiger partial charge on any atom is 0.243 e. The van der Waals surface area contributed by atoms with Crippen molar-refractivity contribution in [3.05, 3.63) is 55.3 Å². The zero-order chi connectivity index (χ0) is 17.2. The molecule has 3 heterocycles. The van der Waals surface area contributed by atoms with E-state index in [0.717, 1.165) is 41.4 Å². The van der Waals surface area contributed by atoms with Crippen LogP contribution in [0.5, 0.6) is 0 Å². The summed E-state index contributed by atoms with van der Waals surface area (Å²) in [5, 5.41) is 4.02. The summed E-state index contributed by atoms with van der Waals surface area (Å²) >= 11 is 0. The molecule has 1 amide bonds. The van der Waals surface area contributed by atoms with Gasteiger partial charge in [-0.15, -0.1) is 0 Å². The first-order valence-corrected chi connectivity index (χ1v) is 8.23. The van der Waals surface area contributed by atoms with Crippen molar-refractivity contribution in [3.8, 4) is 11.3 Å². The first-order chi connectivity index (χ1) is 12.3. The highest BCUT2D eigenvalue weighted by molar-refractivity contribution is 6.00. The number of hydrogen-bond acceptors (Lipinski definition) is 4. The molecule has 0 radical (unpaired) electrons. The quantitative estimate of drug-likeness (QED) is 0.716. The number of carbonyl (C=O) groups is 1. The number of nitrogens with zero attached hydrogens (tertiary/aromatic N) is 2. The van der Waals surface area contributed by atoms with Crippen molar-refractivity contribution in [1.29, 1.82) is 0 Å². The third-order valence-corrected chi connectivity index (χ3v) is 4.52. The highest BCUT2D eigenvalue weighted by Gasteiger charge is 2.21. The molecule has 1 aliphatic carbocycles. The van der Waals surface area contributed by atoms with Crippen LogP contribution in [0.1, 0.15) is 24.8 Å². The first kappa shape index (κ1) is 15.4. The van der Waals surface area contributed by atoms with E-state index in [4.69, 9.17) is 4.42 Å². The van der Waals surface area contributed by atoms with Gasteiger partial charge in [0.1, 0.15) is 5.65 Å². The van der Waals surface area contributed by atoms with Crippen molar-refractivity contribution >= 4 is 22.5 Å². The third-order valence-electron chi connectivity index (χ3n) is 4.52. The normalized spacial score (nSPS) is 17.3. The van der Waals surface area contributed by atoms with Gasteiger partial charge in [0.25, 0.3) is 0 Å². The summed E-state index contributed by atoms with van der Waals surface area (Å²) in [6.07, 6.45) is 13.0. The van der Waals surface area contributed by atoms with E-state index in [1.54, 1.807) is 12.4 Å². The Labute approximate surface area is 144 Å². The van der Waals surface area contributed by atoms with E-state index in [-0.39, 0.29) is 11.9 Å². The van der Waals surface area contributed by atoms with E-state index in [2.05, 4.69) is 32.9 Å². The largest absolute Gasteiger partial charge is 0.443 e.